The lowest BCUT2D eigenvalue weighted by Crippen LogP contribution is -2.38. The number of carbonyl (C=O) groups is 1. The van der Waals surface area contributed by atoms with Gasteiger partial charge in [0, 0.05) is 25.9 Å². The van der Waals surface area contributed by atoms with Crippen LogP contribution in [-0.2, 0) is 25.3 Å². The largest absolute Gasteiger partial charge is 0.481 e. The minimum absolute atomic E-state index is 0.0992. The van der Waals surface area contributed by atoms with Gasteiger partial charge in [-0.25, -0.2) is 4.79 Å². The number of carboxylic acids is 1. The zero-order chi connectivity index (χ0) is 10.9. The van der Waals surface area contributed by atoms with Crippen LogP contribution in [0.25, 0.3) is 0 Å². The number of rotatable bonds is 2. The summed E-state index contributed by atoms with van der Waals surface area (Å²) < 4.78 is 2.07. The Morgan fingerprint density at radius 3 is 2.50 bits per heavy atom. The molecule has 0 aliphatic heterocycles. The van der Waals surface area contributed by atoms with Gasteiger partial charge in [-0.3, -0.25) is 14.2 Å². The van der Waals surface area contributed by atoms with Gasteiger partial charge in [-0.1, -0.05) is 0 Å². The molecule has 0 aromatic carbocycles. The third-order valence-electron chi connectivity index (χ3n) is 1.86. The lowest BCUT2D eigenvalue weighted by molar-refractivity contribution is -0.136. The fourth-order valence-electron chi connectivity index (χ4n) is 1.17. The molecule has 1 aromatic heterocycles. The zero-order valence-corrected chi connectivity index (χ0v) is 7.85. The lowest BCUT2D eigenvalue weighted by Gasteiger charge is -2.04. The topological polar surface area (TPSA) is 81.3 Å². The molecular weight excluding hydrogens is 188 g/mol. The van der Waals surface area contributed by atoms with E-state index >= 15 is 0 Å². The third-order valence-corrected chi connectivity index (χ3v) is 1.86. The van der Waals surface area contributed by atoms with E-state index in [2.05, 4.69) is 0 Å². The van der Waals surface area contributed by atoms with E-state index in [9.17, 15) is 14.4 Å². The molecule has 0 saturated heterocycles. The van der Waals surface area contributed by atoms with Crippen LogP contribution in [0, 0.1) is 0 Å². The molecule has 0 saturated carbocycles. The number of hydrogen-bond acceptors (Lipinski definition) is 3. The molecule has 0 unspecified atom stereocenters. The third kappa shape index (κ3) is 1.73. The Balaban J connectivity index is 3.41. The number of nitrogens with zero attached hydrogens (tertiary/aromatic N) is 2. The smallest absolute Gasteiger partial charge is 0.330 e. The molecule has 0 atom stereocenters. The summed E-state index contributed by atoms with van der Waals surface area (Å²) in [5, 5.41) is 8.51. The van der Waals surface area contributed by atoms with E-state index in [0.717, 1.165) is 4.57 Å². The van der Waals surface area contributed by atoms with Gasteiger partial charge in [0.05, 0.1) is 6.42 Å². The molecule has 6 nitrogen and oxygen atoms in total. The van der Waals surface area contributed by atoms with Gasteiger partial charge >= 0.3 is 11.7 Å². The molecule has 1 aromatic rings. The maximum absolute atomic E-state index is 11.4. The van der Waals surface area contributed by atoms with Crippen LogP contribution >= 0.6 is 0 Å². The molecule has 0 spiro atoms. The summed E-state index contributed by atoms with van der Waals surface area (Å²) in [5.74, 6) is -1.10. The molecule has 76 valence electrons. The maximum atomic E-state index is 11.4. The minimum atomic E-state index is -1.10. The maximum Gasteiger partial charge on any atom is 0.330 e. The Morgan fingerprint density at radius 1 is 1.43 bits per heavy atom. The van der Waals surface area contributed by atoms with Crippen LogP contribution in [0.3, 0.4) is 0 Å². The SMILES string of the molecule is Cn1cc(CC(=O)O)c(=O)n(C)c1=O. The van der Waals surface area contributed by atoms with Crippen molar-refractivity contribution in [2.24, 2.45) is 14.1 Å². The minimum Gasteiger partial charge on any atom is -0.481 e. The van der Waals surface area contributed by atoms with Gasteiger partial charge in [0.25, 0.3) is 5.56 Å². The standard InChI is InChI=1S/C8H10N2O4/c1-9-4-5(3-6(11)12)7(13)10(2)8(9)14/h4H,3H2,1-2H3,(H,11,12). The predicted octanol–water partition coefficient (Wildman–Crippen LogP) is -1.29. The van der Waals surface area contributed by atoms with E-state index in [0.29, 0.717) is 0 Å². The predicted molar refractivity (Wildman–Crippen MR) is 48.3 cm³/mol. The zero-order valence-electron chi connectivity index (χ0n) is 7.85. The molecule has 1 rings (SSSR count). The molecular formula is C8H10N2O4. The first-order chi connectivity index (χ1) is 6.43. The summed E-state index contributed by atoms with van der Waals surface area (Å²) in [6, 6.07) is 0. The second-order valence-electron chi connectivity index (χ2n) is 2.98. The highest BCUT2D eigenvalue weighted by molar-refractivity contribution is 5.69. The van der Waals surface area contributed by atoms with Crippen molar-refractivity contribution in [1.29, 1.82) is 0 Å². The molecule has 1 heterocycles. The van der Waals surface area contributed by atoms with Crippen molar-refractivity contribution in [3.05, 3.63) is 32.6 Å². The van der Waals surface area contributed by atoms with Gasteiger partial charge in [-0.05, 0) is 0 Å². The molecule has 1 N–H and O–H groups in total. The van der Waals surface area contributed by atoms with Crippen LogP contribution in [0.4, 0.5) is 0 Å². The monoisotopic (exact) mass is 198 g/mol. The average Bonchev–Trinajstić information content (AvgIpc) is 2.10. The lowest BCUT2D eigenvalue weighted by atomic mass is 10.2. The van der Waals surface area contributed by atoms with Gasteiger partial charge in [0.15, 0.2) is 0 Å². The van der Waals surface area contributed by atoms with Crippen LogP contribution in [0.2, 0.25) is 0 Å². The Morgan fingerprint density at radius 2 is 2.00 bits per heavy atom. The summed E-state index contributed by atoms with van der Waals surface area (Å²) in [6.07, 6.45) is 0.875. The van der Waals surface area contributed by atoms with E-state index in [4.69, 9.17) is 5.11 Å². The van der Waals surface area contributed by atoms with Gasteiger partial charge in [0.1, 0.15) is 0 Å². The summed E-state index contributed by atoms with van der Waals surface area (Å²) in [5.41, 5.74) is -0.929. The van der Waals surface area contributed by atoms with Crippen LogP contribution < -0.4 is 11.2 Å². The van der Waals surface area contributed by atoms with Crippen molar-refractivity contribution in [3.63, 3.8) is 0 Å². The van der Waals surface area contributed by atoms with E-state index in [1.54, 1.807) is 0 Å². The molecule has 0 bridgehead atoms. The molecule has 0 amide bonds. The summed E-state index contributed by atoms with van der Waals surface area (Å²) in [7, 11) is 2.78. The molecule has 6 heteroatoms. The fraction of sp³-hybridized carbons (Fsp3) is 0.375. The van der Waals surface area contributed by atoms with Crippen LogP contribution in [0.5, 0.6) is 0 Å². The van der Waals surface area contributed by atoms with Crippen LogP contribution in [0.1, 0.15) is 5.56 Å². The highest BCUT2D eigenvalue weighted by Gasteiger charge is 2.09. The molecule has 0 aliphatic carbocycles. The van der Waals surface area contributed by atoms with E-state index in [1.165, 1.54) is 24.9 Å². The number of aliphatic carboxylic acids is 1. The number of aryl methyl sites for hydroxylation is 1. The van der Waals surface area contributed by atoms with E-state index in [-0.39, 0.29) is 12.0 Å². The number of carboxylic acid groups (broad SMARTS) is 1. The second kappa shape index (κ2) is 3.49. The summed E-state index contributed by atoms with van der Waals surface area (Å²) in [6.45, 7) is 0. The van der Waals surface area contributed by atoms with Gasteiger partial charge in [-0.15, -0.1) is 0 Å². The summed E-state index contributed by atoms with van der Waals surface area (Å²) in [4.78, 5) is 33.0. The Hall–Kier alpha value is -1.85. The first-order valence-corrected chi connectivity index (χ1v) is 3.91. The molecule has 0 fully saturated rings. The second-order valence-corrected chi connectivity index (χ2v) is 2.98. The van der Waals surface area contributed by atoms with Crippen LogP contribution in [-0.4, -0.2) is 20.2 Å². The first-order valence-electron chi connectivity index (χ1n) is 3.91. The van der Waals surface area contributed by atoms with Crippen molar-refractivity contribution in [3.8, 4) is 0 Å². The first kappa shape index (κ1) is 10.2. The Kier molecular flexibility index (Phi) is 2.55. The summed E-state index contributed by atoms with van der Waals surface area (Å²) >= 11 is 0. The van der Waals surface area contributed by atoms with Crippen molar-refractivity contribution in [2.75, 3.05) is 0 Å². The van der Waals surface area contributed by atoms with Crippen molar-refractivity contribution in [2.45, 2.75) is 6.42 Å². The quantitative estimate of drug-likeness (QED) is 0.641. The van der Waals surface area contributed by atoms with Gasteiger partial charge in [-0.2, -0.15) is 0 Å². The van der Waals surface area contributed by atoms with E-state index in [1.807, 2.05) is 0 Å². The van der Waals surface area contributed by atoms with Crippen LogP contribution in [0.15, 0.2) is 15.8 Å². The number of aromatic nitrogens is 2. The van der Waals surface area contributed by atoms with Gasteiger partial charge < -0.3 is 9.67 Å². The molecule has 14 heavy (non-hydrogen) atoms. The highest BCUT2D eigenvalue weighted by Crippen LogP contribution is 1.89. The molecule has 0 aliphatic rings. The van der Waals surface area contributed by atoms with E-state index < -0.39 is 17.2 Å². The average molecular weight is 198 g/mol. The number of hydrogen-bond donors (Lipinski definition) is 1. The van der Waals surface area contributed by atoms with Crippen molar-refractivity contribution in [1.82, 2.24) is 9.13 Å². The van der Waals surface area contributed by atoms with Crippen molar-refractivity contribution < 1.29 is 9.90 Å². The van der Waals surface area contributed by atoms with Gasteiger partial charge in [0.2, 0.25) is 0 Å². The fourth-order valence-corrected chi connectivity index (χ4v) is 1.17. The Bertz CT molecular complexity index is 483. The van der Waals surface area contributed by atoms with Crippen molar-refractivity contribution >= 4 is 5.97 Å². The Labute approximate surface area is 79.0 Å². The highest BCUT2D eigenvalue weighted by atomic mass is 16.4. The normalized spacial score (nSPS) is 10.1. The molecule has 0 radical (unpaired) electrons.